The Kier molecular flexibility index (Phi) is 7.32. The number of halogens is 1. The van der Waals surface area contributed by atoms with Crippen LogP contribution in [-0.2, 0) is 24.3 Å². The third-order valence-corrected chi connectivity index (χ3v) is 7.36. The van der Waals surface area contributed by atoms with Gasteiger partial charge in [0.1, 0.15) is 6.04 Å². The maximum absolute atomic E-state index is 12.9. The van der Waals surface area contributed by atoms with Crippen LogP contribution in [0.2, 0.25) is 5.02 Å². The van der Waals surface area contributed by atoms with Crippen molar-refractivity contribution in [1.82, 2.24) is 14.9 Å². The van der Waals surface area contributed by atoms with Crippen LogP contribution in [0.5, 0.6) is 0 Å². The fourth-order valence-corrected chi connectivity index (χ4v) is 5.47. The zero-order chi connectivity index (χ0) is 21.7. The van der Waals surface area contributed by atoms with Crippen LogP contribution >= 0.6 is 11.6 Å². The lowest BCUT2D eigenvalue weighted by molar-refractivity contribution is -0.151. The first kappa shape index (κ1) is 22.5. The summed E-state index contributed by atoms with van der Waals surface area (Å²) in [7, 11) is -3.91. The number of imide groups is 1. The van der Waals surface area contributed by atoms with E-state index >= 15 is 0 Å². The predicted octanol–water partition coefficient (Wildman–Crippen LogP) is 1.80. The van der Waals surface area contributed by atoms with Crippen molar-refractivity contribution >= 4 is 39.5 Å². The number of esters is 1. The molecule has 0 aromatic heterocycles. The lowest BCUT2D eigenvalue weighted by atomic mass is 10.2. The minimum atomic E-state index is -3.91. The third kappa shape index (κ3) is 5.50. The van der Waals surface area contributed by atoms with Gasteiger partial charge < -0.3 is 10.1 Å². The molecule has 1 unspecified atom stereocenters. The zero-order valence-corrected chi connectivity index (χ0v) is 17.9. The number of nitrogens with one attached hydrogen (secondary N) is 2. The van der Waals surface area contributed by atoms with Gasteiger partial charge in [0, 0.05) is 17.6 Å². The number of ether oxygens (including phenoxy) is 1. The van der Waals surface area contributed by atoms with Gasteiger partial charge in [0.2, 0.25) is 10.0 Å². The molecule has 0 bridgehead atoms. The Hall–Kier alpha value is -2.17. The number of benzene rings is 1. The van der Waals surface area contributed by atoms with Crippen molar-refractivity contribution in [2.75, 3.05) is 13.2 Å². The Labute approximate surface area is 180 Å². The molecule has 1 aliphatic carbocycles. The van der Waals surface area contributed by atoms with Crippen molar-refractivity contribution in [2.45, 2.75) is 55.5 Å². The number of carbonyl (C=O) groups is 3. The van der Waals surface area contributed by atoms with Crippen LogP contribution in [0, 0.1) is 0 Å². The Morgan fingerprint density at radius 3 is 2.40 bits per heavy atom. The molecular weight excluding hydrogens is 434 g/mol. The fourth-order valence-electron chi connectivity index (χ4n) is 3.69. The SMILES string of the molecule is O=C(COC(=O)C1CCCN1S(=O)(=O)c1ccc(Cl)cc1)NC(=O)NC1CCCC1. The topological polar surface area (TPSA) is 122 Å². The molecular formula is C19H24ClN3O6S. The number of carbonyl (C=O) groups excluding carboxylic acids is 3. The maximum Gasteiger partial charge on any atom is 0.324 e. The van der Waals surface area contributed by atoms with Gasteiger partial charge in [-0.3, -0.25) is 14.9 Å². The highest BCUT2D eigenvalue weighted by Gasteiger charge is 2.40. The van der Waals surface area contributed by atoms with Gasteiger partial charge in [-0.2, -0.15) is 4.31 Å². The quantitative estimate of drug-likeness (QED) is 0.628. The predicted molar refractivity (Wildman–Crippen MR) is 108 cm³/mol. The van der Waals surface area contributed by atoms with E-state index in [0.29, 0.717) is 11.4 Å². The summed E-state index contributed by atoms with van der Waals surface area (Å²) in [5.41, 5.74) is 0. The van der Waals surface area contributed by atoms with Crippen LogP contribution in [0.1, 0.15) is 38.5 Å². The number of rotatable bonds is 6. The van der Waals surface area contributed by atoms with Crippen LogP contribution in [0.4, 0.5) is 4.79 Å². The van der Waals surface area contributed by atoms with Gasteiger partial charge in [0.05, 0.1) is 4.90 Å². The van der Waals surface area contributed by atoms with E-state index in [-0.39, 0.29) is 23.9 Å². The molecule has 1 aromatic carbocycles. The summed E-state index contributed by atoms with van der Waals surface area (Å²) in [5, 5.41) is 5.21. The Morgan fingerprint density at radius 2 is 1.73 bits per heavy atom. The largest absolute Gasteiger partial charge is 0.454 e. The smallest absolute Gasteiger partial charge is 0.324 e. The molecule has 0 spiro atoms. The van der Waals surface area contributed by atoms with Crippen LogP contribution < -0.4 is 10.6 Å². The van der Waals surface area contributed by atoms with Gasteiger partial charge in [-0.1, -0.05) is 24.4 Å². The second-order valence-electron chi connectivity index (χ2n) is 7.34. The van der Waals surface area contributed by atoms with E-state index < -0.39 is 40.6 Å². The second kappa shape index (κ2) is 9.76. The van der Waals surface area contributed by atoms with E-state index in [4.69, 9.17) is 16.3 Å². The van der Waals surface area contributed by atoms with Crippen LogP contribution in [0.25, 0.3) is 0 Å². The summed E-state index contributed by atoms with van der Waals surface area (Å²) in [6, 6.07) is 4.05. The molecule has 1 saturated carbocycles. The van der Waals surface area contributed by atoms with Crippen LogP contribution in [0.3, 0.4) is 0 Å². The minimum absolute atomic E-state index is 0.0212. The highest BCUT2D eigenvalue weighted by Crippen LogP contribution is 2.27. The Morgan fingerprint density at radius 1 is 1.07 bits per heavy atom. The Bertz CT molecular complexity index is 899. The van der Waals surface area contributed by atoms with E-state index in [1.165, 1.54) is 24.3 Å². The monoisotopic (exact) mass is 457 g/mol. The van der Waals surface area contributed by atoms with Gasteiger partial charge >= 0.3 is 12.0 Å². The van der Waals surface area contributed by atoms with Gasteiger partial charge in [-0.05, 0) is 49.9 Å². The summed E-state index contributed by atoms with van der Waals surface area (Å²) < 4.78 is 31.8. The van der Waals surface area contributed by atoms with Gasteiger partial charge in [-0.15, -0.1) is 0 Å². The summed E-state index contributed by atoms with van der Waals surface area (Å²) in [6.07, 6.45) is 4.59. The zero-order valence-electron chi connectivity index (χ0n) is 16.3. The minimum Gasteiger partial charge on any atom is -0.454 e. The summed E-state index contributed by atoms with van der Waals surface area (Å²) in [6.45, 7) is -0.497. The molecule has 2 fully saturated rings. The number of hydrogen-bond acceptors (Lipinski definition) is 6. The van der Waals surface area contributed by atoms with Crippen molar-refractivity contribution in [2.24, 2.45) is 0 Å². The van der Waals surface area contributed by atoms with Gasteiger partial charge in [0.15, 0.2) is 6.61 Å². The lowest BCUT2D eigenvalue weighted by Crippen LogP contribution is -2.46. The Balaban J connectivity index is 1.53. The van der Waals surface area contributed by atoms with E-state index in [2.05, 4.69) is 10.6 Å². The molecule has 11 heteroatoms. The first-order valence-corrected chi connectivity index (χ1v) is 11.6. The molecule has 3 amide bonds. The molecule has 0 radical (unpaired) electrons. The molecule has 1 aromatic rings. The van der Waals surface area contributed by atoms with Gasteiger partial charge in [-0.25, -0.2) is 13.2 Å². The summed E-state index contributed by atoms with van der Waals surface area (Å²) >= 11 is 5.81. The van der Waals surface area contributed by atoms with E-state index in [1.54, 1.807) is 0 Å². The molecule has 30 heavy (non-hydrogen) atoms. The molecule has 3 rings (SSSR count). The number of urea groups is 1. The second-order valence-corrected chi connectivity index (χ2v) is 9.67. The first-order valence-electron chi connectivity index (χ1n) is 9.82. The fraction of sp³-hybridized carbons (Fsp3) is 0.526. The molecule has 2 N–H and O–H groups in total. The summed E-state index contributed by atoms with van der Waals surface area (Å²) in [5.74, 6) is -1.60. The molecule has 1 aliphatic heterocycles. The number of sulfonamides is 1. The molecule has 164 valence electrons. The average Bonchev–Trinajstić information content (AvgIpc) is 3.38. The maximum atomic E-state index is 12.9. The number of amides is 3. The highest BCUT2D eigenvalue weighted by atomic mass is 35.5. The van der Waals surface area contributed by atoms with Crippen molar-refractivity contribution in [1.29, 1.82) is 0 Å². The number of hydrogen-bond donors (Lipinski definition) is 2. The lowest BCUT2D eigenvalue weighted by Gasteiger charge is -2.22. The van der Waals surface area contributed by atoms with Crippen molar-refractivity contribution in [3.05, 3.63) is 29.3 Å². The van der Waals surface area contributed by atoms with Crippen LogP contribution in [0.15, 0.2) is 29.2 Å². The third-order valence-electron chi connectivity index (χ3n) is 5.18. The molecule has 1 atom stereocenters. The van der Waals surface area contributed by atoms with Crippen molar-refractivity contribution < 1.29 is 27.5 Å². The number of nitrogens with zero attached hydrogens (tertiary/aromatic N) is 1. The average molecular weight is 458 g/mol. The van der Waals surface area contributed by atoms with Crippen LogP contribution in [-0.4, -0.2) is 55.9 Å². The van der Waals surface area contributed by atoms with Crippen molar-refractivity contribution in [3.8, 4) is 0 Å². The normalized spacial score (nSPS) is 20.1. The highest BCUT2D eigenvalue weighted by molar-refractivity contribution is 7.89. The molecule has 1 saturated heterocycles. The first-order chi connectivity index (χ1) is 14.3. The van der Waals surface area contributed by atoms with E-state index in [9.17, 15) is 22.8 Å². The van der Waals surface area contributed by atoms with E-state index in [1.807, 2.05) is 0 Å². The molecule has 1 heterocycles. The molecule has 2 aliphatic rings. The van der Waals surface area contributed by atoms with Crippen molar-refractivity contribution in [3.63, 3.8) is 0 Å². The van der Waals surface area contributed by atoms with Gasteiger partial charge in [0.25, 0.3) is 5.91 Å². The summed E-state index contributed by atoms with van der Waals surface area (Å²) in [4.78, 5) is 36.1. The standard InChI is InChI=1S/C19H24ClN3O6S/c20-13-7-9-15(10-8-13)30(27,28)23-11-3-6-16(23)18(25)29-12-17(24)22-19(26)21-14-4-1-2-5-14/h7-10,14,16H,1-6,11-12H2,(H2,21,22,24,26). The van der Waals surface area contributed by atoms with E-state index in [0.717, 1.165) is 30.0 Å². The molecule has 9 nitrogen and oxygen atoms in total.